The first-order valence-corrected chi connectivity index (χ1v) is 9.79. The van der Waals surface area contributed by atoms with E-state index in [9.17, 15) is 0 Å². The minimum absolute atomic E-state index is 0.123. The Bertz CT molecular complexity index is 1280. The van der Waals surface area contributed by atoms with Crippen LogP contribution in [0.15, 0.2) is 91.8 Å². The highest BCUT2D eigenvalue weighted by molar-refractivity contribution is 5.83. The van der Waals surface area contributed by atoms with Gasteiger partial charge in [0.1, 0.15) is 12.1 Å². The van der Waals surface area contributed by atoms with Crippen molar-refractivity contribution in [2.24, 2.45) is 0 Å². The van der Waals surface area contributed by atoms with Crippen molar-refractivity contribution in [3.8, 4) is 16.9 Å². The number of pyridine rings is 1. The first-order valence-electron chi connectivity index (χ1n) is 9.79. The molecule has 30 heavy (non-hydrogen) atoms. The molecule has 146 valence electrons. The van der Waals surface area contributed by atoms with Gasteiger partial charge in [-0.2, -0.15) is 0 Å². The van der Waals surface area contributed by atoms with Crippen LogP contribution in [0.25, 0.3) is 28.0 Å². The molecule has 1 atom stereocenters. The SMILES string of the molecule is C[C@H](Nc1cncc(-n2cnc3cc(-c4cccnc4)ccc32)n1)c1ccccc1. The number of imidazole rings is 1. The number of hydrogen-bond acceptors (Lipinski definition) is 5. The predicted molar refractivity (Wildman–Crippen MR) is 118 cm³/mol. The highest BCUT2D eigenvalue weighted by Gasteiger charge is 2.10. The van der Waals surface area contributed by atoms with Crippen LogP contribution in [-0.4, -0.2) is 24.5 Å². The molecule has 0 radical (unpaired) electrons. The van der Waals surface area contributed by atoms with Crippen LogP contribution in [0.4, 0.5) is 5.82 Å². The molecule has 6 heteroatoms. The summed E-state index contributed by atoms with van der Waals surface area (Å²) in [5, 5.41) is 3.42. The lowest BCUT2D eigenvalue weighted by Gasteiger charge is -2.15. The van der Waals surface area contributed by atoms with E-state index in [1.54, 1.807) is 24.9 Å². The van der Waals surface area contributed by atoms with Gasteiger partial charge in [-0.3, -0.25) is 14.5 Å². The molecule has 0 aliphatic carbocycles. The summed E-state index contributed by atoms with van der Waals surface area (Å²) in [4.78, 5) is 17.9. The molecule has 0 spiro atoms. The van der Waals surface area contributed by atoms with Gasteiger partial charge in [-0.1, -0.05) is 42.5 Å². The summed E-state index contributed by atoms with van der Waals surface area (Å²) in [6.07, 6.45) is 8.89. The van der Waals surface area contributed by atoms with E-state index in [1.807, 2.05) is 41.1 Å². The molecule has 3 heterocycles. The highest BCUT2D eigenvalue weighted by atomic mass is 15.2. The van der Waals surface area contributed by atoms with Crippen LogP contribution >= 0.6 is 0 Å². The third-order valence-electron chi connectivity index (χ3n) is 5.07. The van der Waals surface area contributed by atoms with Gasteiger partial charge >= 0.3 is 0 Å². The molecule has 3 aromatic heterocycles. The van der Waals surface area contributed by atoms with Crippen molar-refractivity contribution in [2.75, 3.05) is 5.32 Å². The molecular weight excluding hydrogens is 372 g/mol. The Labute approximate surface area is 174 Å². The topological polar surface area (TPSA) is 68.5 Å². The molecule has 2 aromatic carbocycles. The smallest absolute Gasteiger partial charge is 0.159 e. The Morgan fingerprint density at radius 2 is 1.77 bits per heavy atom. The quantitative estimate of drug-likeness (QED) is 0.453. The number of rotatable bonds is 5. The van der Waals surface area contributed by atoms with Crippen LogP contribution in [0.5, 0.6) is 0 Å². The van der Waals surface area contributed by atoms with E-state index in [4.69, 9.17) is 4.98 Å². The van der Waals surface area contributed by atoms with Gasteiger partial charge < -0.3 is 5.32 Å². The second-order valence-electron chi connectivity index (χ2n) is 7.10. The summed E-state index contributed by atoms with van der Waals surface area (Å²) in [5.74, 6) is 1.44. The fraction of sp³-hybridized carbons (Fsp3) is 0.0833. The van der Waals surface area contributed by atoms with E-state index in [0.29, 0.717) is 0 Å². The van der Waals surface area contributed by atoms with E-state index in [-0.39, 0.29) is 6.04 Å². The lowest BCUT2D eigenvalue weighted by atomic mass is 10.1. The molecule has 0 saturated carbocycles. The van der Waals surface area contributed by atoms with Gasteiger partial charge in [0.25, 0.3) is 0 Å². The van der Waals surface area contributed by atoms with Gasteiger partial charge in [0.15, 0.2) is 5.82 Å². The zero-order valence-corrected chi connectivity index (χ0v) is 16.5. The summed E-state index contributed by atoms with van der Waals surface area (Å²) in [5.41, 5.74) is 5.22. The molecule has 1 N–H and O–H groups in total. The number of nitrogens with one attached hydrogen (secondary N) is 1. The molecular formula is C24H20N6. The Hall–Kier alpha value is -4.06. The lowest BCUT2D eigenvalue weighted by molar-refractivity contribution is 0.865. The molecule has 0 bridgehead atoms. The van der Waals surface area contributed by atoms with E-state index >= 15 is 0 Å². The van der Waals surface area contributed by atoms with Crippen LogP contribution in [0.2, 0.25) is 0 Å². The molecule has 5 aromatic rings. The lowest BCUT2D eigenvalue weighted by Crippen LogP contribution is -2.09. The molecule has 0 aliphatic rings. The number of aromatic nitrogens is 5. The molecule has 0 amide bonds. The molecule has 0 saturated heterocycles. The number of hydrogen-bond donors (Lipinski definition) is 1. The average Bonchev–Trinajstić information content (AvgIpc) is 3.24. The largest absolute Gasteiger partial charge is 0.362 e. The Morgan fingerprint density at radius 3 is 2.60 bits per heavy atom. The summed E-state index contributed by atoms with van der Waals surface area (Å²) in [6, 6.07) is 20.6. The van der Waals surface area contributed by atoms with Gasteiger partial charge in [-0.15, -0.1) is 0 Å². The highest BCUT2D eigenvalue weighted by Crippen LogP contribution is 2.25. The summed E-state index contributed by atoms with van der Waals surface area (Å²) in [7, 11) is 0. The normalized spacial score (nSPS) is 12.0. The minimum atomic E-state index is 0.123. The number of fused-ring (bicyclic) bond motifs is 1. The van der Waals surface area contributed by atoms with Gasteiger partial charge in [0, 0.05) is 24.0 Å². The summed E-state index contributed by atoms with van der Waals surface area (Å²) < 4.78 is 1.95. The maximum Gasteiger partial charge on any atom is 0.159 e. The van der Waals surface area contributed by atoms with Crippen molar-refractivity contribution in [2.45, 2.75) is 13.0 Å². The van der Waals surface area contributed by atoms with Crippen molar-refractivity contribution in [3.05, 3.63) is 97.3 Å². The number of benzene rings is 2. The molecule has 5 rings (SSSR count). The standard InChI is InChI=1S/C24H20N6/c1-17(18-6-3-2-4-7-18)28-23-14-26-15-24(29-23)30-16-27-21-12-19(9-10-22(21)30)20-8-5-11-25-13-20/h2-17H,1H3,(H,28,29)/t17-/m0/s1. The summed E-state index contributed by atoms with van der Waals surface area (Å²) >= 11 is 0. The van der Waals surface area contributed by atoms with Gasteiger partial charge in [0.05, 0.1) is 23.4 Å². The van der Waals surface area contributed by atoms with Gasteiger partial charge in [-0.25, -0.2) is 9.97 Å². The number of anilines is 1. The Morgan fingerprint density at radius 1 is 0.867 bits per heavy atom. The van der Waals surface area contributed by atoms with E-state index in [0.717, 1.165) is 33.8 Å². The first kappa shape index (κ1) is 18.0. The maximum absolute atomic E-state index is 4.75. The first-order chi connectivity index (χ1) is 14.8. The zero-order chi connectivity index (χ0) is 20.3. The summed E-state index contributed by atoms with van der Waals surface area (Å²) in [6.45, 7) is 2.11. The van der Waals surface area contributed by atoms with Crippen LogP contribution < -0.4 is 5.32 Å². The van der Waals surface area contributed by atoms with Crippen molar-refractivity contribution in [3.63, 3.8) is 0 Å². The van der Waals surface area contributed by atoms with Crippen LogP contribution in [-0.2, 0) is 0 Å². The third kappa shape index (κ3) is 3.51. The second kappa shape index (κ2) is 7.75. The monoisotopic (exact) mass is 392 g/mol. The van der Waals surface area contributed by atoms with Crippen LogP contribution in [0.3, 0.4) is 0 Å². The van der Waals surface area contributed by atoms with Crippen molar-refractivity contribution >= 4 is 16.9 Å². The van der Waals surface area contributed by atoms with E-state index < -0.39 is 0 Å². The van der Waals surface area contributed by atoms with Crippen LogP contribution in [0, 0.1) is 0 Å². The number of nitrogens with zero attached hydrogens (tertiary/aromatic N) is 5. The fourth-order valence-electron chi connectivity index (χ4n) is 3.50. The Kier molecular flexibility index (Phi) is 4.65. The van der Waals surface area contributed by atoms with Crippen LogP contribution in [0.1, 0.15) is 18.5 Å². The van der Waals surface area contributed by atoms with Gasteiger partial charge in [0.2, 0.25) is 0 Å². The Balaban J connectivity index is 1.45. The predicted octanol–water partition coefficient (Wildman–Crippen LogP) is 5.05. The van der Waals surface area contributed by atoms with Crippen molar-refractivity contribution in [1.29, 1.82) is 0 Å². The average molecular weight is 392 g/mol. The van der Waals surface area contributed by atoms with Gasteiger partial charge in [-0.05, 0) is 36.2 Å². The van der Waals surface area contributed by atoms with E-state index in [2.05, 4.69) is 57.5 Å². The maximum atomic E-state index is 4.75. The second-order valence-corrected chi connectivity index (χ2v) is 7.10. The van der Waals surface area contributed by atoms with Crippen molar-refractivity contribution in [1.82, 2.24) is 24.5 Å². The fourth-order valence-corrected chi connectivity index (χ4v) is 3.50. The molecule has 6 nitrogen and oxygen atoms in total. The molecule has 0 unspecified atom stereocenters. The van der Waals surface area contributed by atoms with E-state index in [1.165, 1.54) is 5.56 Å². The minimum Gasteiger partial charge on any atom is -0.362 e. The zero-order valence-electron chi connectivity index (χ0n) is 16.5. The third-order valence-corrected chi connectivity index (χ3v) is 5.07. The molecule has 0 aliphatic heterocycles. The molecule has 0 fully saturated rings. The van der Waals surface area contributed by atoms with Crippen molar-refractivity contribution < 1.29 is 0 Å².